The van der Waals surface area contributed by atoms with Gasteiger partial charge in [0.2, 0.25) is 5.91 Å². The lowest BCUT2D eigenvalue weighted by atomic mass is 10.1. The van der Waals surface area contributed by atoms with Crippen LogP contribution in [-0.2, 0) is 17.8 Å². The number of amides is 1. The maximum atomic E-state index is 12.7. The molecule has 1 amide bonds. The third kappa shape index (κ3) is 4.20. The van der Waals surface area contributed by atoms with E-state index in [9.17, 15) is 9.59 Å². The van der Waals surface area contributed by atoms with Gasteiger partial charge in [-0.1, -0.05) is 41.9 Å². The molecule has 0 atom stereocenters. The highest BCUT2D eigenvalue weighted by Crippen LogP contribution is 2.13. The van der Waals surface area contributed by atoms with Crippen LogP contribution in [0.15, 0.2) is 71.9 Å². The summed E-state index contributed by atoms with van der Waals surface area (Å²) < 4.78 is 2.89. The summed E-state index contributed by atoms with van der Waals surface area (Å²) in [6, 6.07) is 16.9. The van der Waals surface area contributed by atoms with Crippen molar-refractivity contribution in [1.82, 2.24) is 24.6 Å². The minimum absolute atomic E-state index is 0.0983. The number of nitrogens with one attached hydrogen (secondary N) is 1. The van der Waals surface area contributed by atoms with Crippen LogP contribution in [0, 0.1) is 0 Å². The van der Waals surface area contributed by atoms with E-state index in [1.54, 1.807) is 4.68 Å². The van der Waals surface area contributed by atoms with E-state index in [0.29, 0.717) is 29.0 Å². The van der Waals surface area contributed by atoms with E-state index in [2.05, 4.69) is 15.4 Å². The summed E-state index contributed by atoms with van der Waals surface area (Å²) in [6.07, 6.45) is 3.54. The third-order valence-electron chi connectivity index (χ3n) is 4.52. The summed E-state index contributed by atoms with van der Waals surface area (Å²) in [7, 11) is 0. The Morgan fingerprint density at radius 2 is 1.83 bits per heavy atom. The highest BCUT2D eigenvalue weighted by atomic mass is 35.5. The molecular weight excluding hydrogens is 390 g/mol. The SMILES string of the molecule is O=C(Cn1cnc2c(cnn2-c2ccccc2)c1=O)NCCc1ccc(Cl)cc1. The van der Waals surface area contributed by atoms with Gasteiger partial charge in [-0.15, -0.1) is 0 Å². The van der Waals surface area contributed by atoms with E-state index in [1.807, 2.05) is 54.6 Å². The zero-order valence-corrected chi connectivity index (χ0v) is 16.2. The van der Waals surface area contributed by atoms with Gasteiger partial charge in [-0.3, -0.25) is 14.2 Å². The summed E-state index contributed by atoms with van der Waals surface area (Å²) >= 11 is 5.87. The summed E-state index contributed by atoms with van der Waals surface area (Å²) in [5.41, 5.74) is 2.04. The van der Waals surface area contributed by atoms with Crippen molar-refractivity contribution in [3.63, 3.8) is 0 Å². The molecule has 29 heavy (non-hydrogen) atoms. The maximum Gasteiger partial charge on any atom is 0.264 e. The third-order valence-corrected chi connectivity index (χ3v) is 4.77. The lowest BCUT2D eigenvalue weighted by Gasteiger charge is -2.08. The molecule has 2 aromatic carbocycles. The van der Waals surface area contributed by atoms with Crippen molar-refractivity contribution >= 4 is 28.5 Å². The van der Waals surface area contributed by atoms with Gasteiger partial charge in [0.15, 0.2) is 5.65 Å². The van der Waals surface area contributed by atoms with E-state index < -0.39 is 0 Å². The molecule has 0 radical (unpaired) electrons. The molecule has 0 unspecified atom stereocenters. The Kier molecular flexibility index (Phi) is 5.39. The van der Waals surface area contributed by atoms with Gasteiger partial charge >= 0.3 is 0 Å². The average Bonchev–Trinajstić information content (AvgIpc) is 3.17. The fraction of sp³-hybridized carbons (Fsp3) is 0.143. The lowest BCUT2D eigenvalue weighted by Crippen LogP contribution is -2.33. The predicted octanol–water partition coefficient (Wildman–Crippen LogP) is 2.59. The summed E-state index contributed by atoms with van der Waals surface area (Å²) in [5, 5.41) is 8.13. The molecule has 4 rings (SSSR count). The van der Waals surface area contributed by atoms with Crippen LogP contribution in [0.25, 0.3) is 16.7 Å². The van der Waals surface area contributed by atoms with Gasteiger partial charge in [0.05, 0.1) is 11.9 Å². The summed E-state index contributed by atoms with van der Waals surface area (Å²) in [4.78, 5) is 29.3. The normalized spacial score (nSPS) is 10.9. The van der Waals surface area contributed by atoms with Gasteiger partial charge in [-0.05, 0) is 36.2 Å². The van der Waals surface area contributed by atoms with Crippen molar-refractivity contribution in [3.8, 4) is 5.69 Å². The Balaban J connectivity index is 1.44. The molecule has 0 aliphatic rings. The van der Waals surface area contributed by atoms with Crippen molar-refractivity contribution < 1.29 is 4.79 Å². The number of hydrogen-bond acceptors (Lipinski definition) is 4. The van der Waals surface area contributed by atoms with Crippen molar-refractivity contribution in [3.05, 3.63) is 88.1 Å². The second-order valence-corrected chi connectivity index (χ2v) is 6.97. The first-order valence-corrected chi connectivity index (χ1v) is 9.49. The molecule has 2 heterocycles. The molecule has 0 aliphatic carbocycles. The Bertz CT molecular complexity index is 1200. The molecule has 0 bridgehead atoms. The molecule has 0 aliphatic heterocycles. The minimum Gasteiger partial charge on any atom is -0.354 e. The Hall–Kier alpha value is -3.45. The summed E-state index contributed by atoms with van der Waals surface area (Å²) in [6.45, 7) is 0.371. The first-order chi connectivity index (χ1) is 14.1. The molecule has 1 N–H and O–H groups in total. The van der Waals surface area contributed by atoms with Gasteiger partial charge in [-0.25, -0.2) is 9.67 Å². The Morgan fingerprint density at radius 3 is 2.59 bits per heavy atom. The predicted molar refractivity (Wildman–Crippen MR) is 111 cm³/mol. The second kappa shape index (κ2) is 8.28. The smallest absolute Gasteiger partial charge is 0.264 e. The van der Waals surface area contributed by atoms with E-state index in [0.717, 1.165) is 11.3 Å². The quantitative estimate of drug-likeness (QED) is 0.532. The average molecular weight is 408 g/mol. The number of fused-ring (bicyclic) bond motifs is 1. The van der Waals surface area contributed by atoms with Gasteiger partial charge in [0, 0.05) is 11.6 Å². The van der Waals surface area contributed by atoms with Crippen LogP contribution in [0.4, 0.5) is 0 Å². The van der Waals surface area contributed by atoms with Crippen molar-refractivity contribution in [2.75, 3.05) is 6.54 Å². The van der Waals surface area contributed by atoms with Crippen molar-refractivity contribution in [1.29, 1.82) is 0 Å². The molecular formula is C21H18ClN5O2. The van der Waals surface area contributed by atoms with E-state index in [1.165, 1.54) is 17.1 Å². The molecule has 0 saturated heterocycles. The highest BCUT2D eigenvalue weighted by Gasteiger charge is 2.13. The zero-order valence-electron chi connectivity index (χ0n) is 15.5. The second-order valence-electron chi connectivity index (χ2n) is 6.53. The van der Waals surface area contributed by atoms with Crippen molar-refractivity contribution in [2.24, 2.45) is 0 Å². The Labute approximate surface area is 171 Å². The van der Waals surface area contributed by atoms with E-state index >= 15 is 0 Å². The molecule has 2 aromatic heterocycles. The highest BCUT2D eigenvalue weighted by molar-refractivity contribution is 6.30. The fourth-order valence-corrected chi connectivity index (χ4v) is 3.15. The number of aromatic nitrogens is 4. The number of benzene rings is 2. The zero-order chi connectivity index (χ0) is 20.2. The fourth-order valence-electron chi connectivity index (χ4n) is 3.03. The van der Waals surface area contributed by atoms with Crippen LogP contribution in [0.3, 0.4) is 0 Å². The number of carbonyl (C=O) groups excluding carboxylic acids is 1. The molecule has 4 aromatic rings. The van der Waals surface area contributed by atoms with Crippen LogP contribution in [0.1, 0.15) is 5.56 Å². The minimum atomic E-state index is -0.301. The topological polar surface area (TPSA) is 81.8 Å². The number of carbonyl (C=O) groups is 1. The van der Waals surface area contributed by atoms with Gasteiger partial charge in [0.25, 0.3) is 5.56 Å². The monoisotopic (exact) mass is 407 g/mol. The van der Waals surface area contributed by atoms with Gasteiger partial charge in [-0.2, -0.15) is 5.10 Å². The first kappa shape index (κ1) is 18.9. The first-order valence-electron chi connectivity index (χ1n) is 9.11. The molecule has 0 fully saturated rings. The van der Waals surface area contributed by atoms with Crippen molar-refractivity contribution in [2.45, 2.75) is 13.0 Å². The molecule has 0 saturated carbocycles. The van der Waals surface area contributed by atoms with Crippen LogP contribution in [-0.4, -0.2) is 31.8 Å². The van der Waals surface area contributed by atoms with E-state index in [-0.39, 0.29) is 18.0 Å². The molecule has 7 nitrogen and oxygen atoms in total. The van der Waals surface area contributed by atoms with E-state index in [4.69, 9.17) is 11.6 Å². The van der Waals surface area contributed by atoms with Crippen LogP contribution in [0.5, 0.6) is 0 Å². The van der Waals surface area contributed by atoms with Crippen LogP contribution in [0.2, 0.25) is 5.02 Å². The standard InChI is InChI=1S/C21H18ClN5O2/c22-16-8-6-15(7-9-16)10-11-23-19(28)13-26-14-24-20-18(21(26)29)12-25-27(20)17-4-2-1-3-5-17/h1-9,12,14H,10-11,13H2,(H,23,28). The largest absolute Gasteiger partial charge is 0.354 e. The van der Waals surface area contributed by atoms with Crippen LogP contribution >= 0.6 is 11.6 Å². The lowest BCUT2D eigenvalue weighted by molar-refractivity contribution is -0.121. The number of halogens is 1. The van der Waals surface area contributed by atoms with Gasteiger partial charge in [0.1, 0.15) is 18.3 Å². The number of nitrogens with zero attached hydrogens (tertiary/aromatic N) is 4. The number of para-hydroxylation sites is 1. The number of hydrogen-bond donors (Lipinski definition) is 1. The van der Waals surface area contributed by atoms with Crippen LogP contribution < -0.4 is 10.9 Å². The maximum absolute atomic E-state index is 12.7. The molecule has 8 heteroatoms. The molecule has 0 spiro atoms. The number of rotatable bonds is 6. The molecule has 146 valence electrons. The summed E-state index contributed by atoms with van der Waals surface area (Å²) in [5.74, 6) is -0.252. The Morgan fingerprint density at radius 1 is 1.07 bits per heavy atom. The van der Waals surface area contributed by atoms with Gasteiger partial charge < -0.3 is 5.32 Å².